The first-order chi connectivity index (χ1) is 11.4. The van der Waals surface area contributed by atoms with E-state index in [0.29, 0.717) is 11.3 Å². The molecule has 3 N–H and O–H groups in total. The van der Waals surface area contributed by atoms with E-state index in [1.807, 2.05) is 0 Å². The van der Waals surface area contributed by atoms with Crippen LogP contribution in [0.25, 0.3) is 5.69 Å². The molecule has 0 aliphatic carbocycles. The number of aromatic nitrogens is 3. The average Bonchev–Trinajstić information content (AvgIpc) is 3.09. The van der Waals surface area contributed by atoms with Crippen molar-refractivity contribution < 1.29 is 13.2 Å². The van der Waals surface area contributed by atoms with Gasteiger partial charge in [0.05, 0.1) is 23.0 Å². The number of carbonyl (C=O) groups is 1. The van der Waals surface area contributed by atoms with Gasteiger partial charge in [0.25, 0.3) is 5.91 Å². The van der Waals surface area contributed by atoms with Crippen molar-refractivity contribution in [1.82, 2.24) is 15.0 Å². The molecule has 9 heteroatoms. The summed E-state index contributed by atoms with van der Waals surface area (Å²) in [5.41, 5.74) is 1.73. The van der Waals surface area contributed by atoms with E-state index in [1.165, 1.54) is 24.3 Å². The maximum absolute atomic E-state index is 12.2. The number of hydrogen-bond acceptors (Lipinski definition) is 5. The zero-order chi connectivity index (χ0) is 17.2. The zero-order valence-corrected chi connectivity index (χ0v) is 13.1. The number of benzene rings is 2. The van der Waals surface area contributed by atoms with Crippen molar-refractivity contribution in [3.05, 3.63) is 66.5 Å². The van der Waals surface area contributed by atoms with Crippen molar-refractivity contribution >= 4 is 21.6 Å². The summed E-state index contributed by atoms with van der Waals surface area (Å²) in [6.45, 7) is 0. The number of nitrogens with one attached hydrogen (secondary N) is 1. The molecule has 3 aromatic rings. The van der Waals surface area contributed by atoms with Crippen LogP contribution < -0.4 is 10.5 Å². The molecule has 0 atom stereocenters. The predicted octanol–water partition coefficient (Wildman–Crippen LogP) is 1.17. The highest BCUT2D eigenvalue weighted by Gasteiger charge is 2.10. The number of hydrogen-bond donors (Lipinski definition) is 2. The first kappa shape index (κ1) is 15.8. The standard InChI is InChI=1S/C15H13N5O3S/c16-24(22,23)14-7-1-11(2-8-14)15(21)18-12-3-5-13(6-4-12)20-10-9-17-19-20/h1-10H,(H,18,21)(H2,16,22,23). The number of rotatable bonds is 4. The summed E-state index contributed by atoms with van der Waals surface area (Å²) in [5.74, 6) is -0.357. The molecule has 0 aliphatic rings. The van der Waals surface area contributed by atoms with Crippen LogP contribution in [0.15, 0.2) is 65.8 Å². The molecule has 0 spiro atoms. The Morgan fingerprint density at radius 2 is 1.71 bits per heavy atom. The van der Waals surface area contributed by atoms with Crippen molar-refractivity contribution in [2.75, 3.05) is 5.32 Å². The second kappa shape index (κ2) is 6.22. The second-order valence-corrected chi connectivity index (χ2v) is 6.48. The van der Waals surface area contributed by atoms with Crippen LogP contribution in [0.5, 0.6) is 0 Å². The van der Waals surface area contributed by atoms with Crippen molar-refractivity contribution in [1.29, 1.82) is 0 Å². The Balaban J connectivity index is 1.73. The number of primary sulfonamides is 1. The van der Waals surface area contributed by atoms with Crippen molar-refractivity contribution in [3.63, 3.8) is 0 Å². The predicted molar refractivity (Wildman–Crippen MR) is 87.1 cm³/mol. The van der Waals surface area contributed by atoms with Crippen LogP contribution in [0.3, 0.4) is 0 Å². The van der Waals surface area contributed by atoms with Crippen LogP contribution in [0.2, 0.25) is 0 Å². The Hall–Kier alpha value is -3.04. The highest BCUT2D eigenvalue weighted by atomic mass is 32.2. The molecule has 0 bridgehead atoms. The van der Waals surface area contributed by atoms with E-state index in [1.54, 1.807) is 41.3 Å². The molecule has 0 unspecified atom stereocenters. The molecule has 3 rings (SSSR count). The molecule has 122 valence electrons. The van der Waals surface area contributed by atoms with Crippen molar-refractivity contribution in [3.8, 4) is 5.69 Å². The monoisotopic (exact) mass is 343 g/mol. The summed E-state index contributed by atoms with van der Waals surface area (Å²) in [6.07, 6.45) is 3.28. The van der Waals surface area contributed by atoms with Crippen LogP contribution in [-0.2, 0) is 10.0 Å². The largest absolute Gasteiger partial charge is 0.322 e. The van der Waals surface area contributed by atoms with Gasteiger partial charge in [-0.2, -0.15) is 0 Å². The third-order valence-corrected chi connectivity index (χ3v) is 4.19. The summed E-state index contributed by atoms with van der Waals surface area (Å²) >= 11 is 0. The van der Waals surface area contributed by atoms with Gasteiger partial charge < -0.3 is 5.32 Å². The number of sulfonamides is 1. The van der Waals surface area contributed by atoms with Gasteiger partial charge >= 0.3 is 0 Å². The summed E-state index contributed by atoms with van der Waals surface area (Å²) in [5, 5.41) is 15.3. The molecule has 0 saturated heterocycles. The lowest BCUT2D eigenvalue weighted by atomic mass is 10.2. The fourth-order valence-corrected chi connectivity index (χ4v) is 2.56. The van der Waals surface area contributed by atoms with Gasteiger partial charge in [-0.25, -0.2) is 18.2 Å². The SMILES string of the molecule is NS(=O)(=O)c1ccc(C(=O)Nc2ccc(-n3ccnn3)cc2)cc1. The molecule has 1 amide bonds. The molecular weight excluding hydrogens is 330 g/mol. The van der Waals surface area contributed by atoms with Crippen LogP contribution in [0.1, 0.15) is 10.4 Å². The molecule has 24 heavy (non-hydrogen) atoms. The lowest BCUT2D eigenvalue weighted by Gasteiger charge is -2.07. The summed E-state index contributed by atoms with van der Waals surface area (Å²) < 4.78 is 24.0. The normalized spacial score (nSPS) is 11.2. The van der Waals surface area contributed by atoms with Gasteiger partial charge in [0.15, 0.2) is 0 Å². The van der Waals surface area contributed by atoms with Gasteiger partial charge in [0.2, 0.25) is 10.0 Å². The topological polar surface area (TPSA) is 120 Å². The Kier molecular flexibility index (Phi) is 4.11. The average molecular weight is 343 g/mol. The molecule has 1 heterocycles. The second-order valence-electron chi connectivity index (χ2n) is 4.92. The highest BCUT2D eigenvalue weighted by Crippen LogP contribution is 2.14. The van der Waals surface area contributed by atoms with E-state index in [9.17, 15) is 13.2 Å². The molecule has 0 aliphatic heterocycles. The summed E-state index contributed by atoms with van der Waals surface area (Å²) in [6, 6.07) is 12.4. The number of nitrogens with two attached hydrogens (primary N) is 1. The summed E-state index contributed by atoms with van der Waals surface area (Å²) in [4.78, 5) is 12.1. The van der Waals surface area contributed by atoms with Gasteiger partial charge in [0.1, 0.15) is 0 Å². The fraction of sp³-hybridized carbons (Fsp3) is 0. The summed E-state index contributed by atoms with van der Waals surface area (Å²) in [7, 11) is -3.78. The maximum Gasteiger partial charge on any atom is 0.255 e. The van der Waals surface area contributed by atoms with E-state index in [0.717, 1.165) is 5.69 Å². The third kappa shape index (κ3) is 3.47. The molecule has 0 radical (unpaired) electrons. The van der Waals surface area contributed by atoms with Gasteiger partial charge in [-0.3, -0.25) is 4.79 Å². The zero-order valence-electron chi connectivity index (χ0n) is 12.3. The van der Waals surface area contributed by atoms with E-state index >= 15 is 0 Å². The van der Waals surface area contributed by atoms with Crippen molar-refractivity contribution in [2.45, 2.75) is 4.90 Å². The maximum atomic E-state index is 12.2. The Labute approximate surface area is 138 Å². The van der Waals surface area contributed by atoms with Crippen LogP contribution in [-0.4, -0.2) is 29.3 Å². The van der Waals surface area contributed by atoms with Gasteiger partial charge in [-0.1, -0.05) is 5.21 Å². The lowest BCUT2D eigenvalue weighted by Crippen LogP contribution is -2.14. The first-order valence-corrected chi connectivity index (χ1v) is 8.39. The minimum atomic E-state index is -3.78. The minimum Gasteiger partial charge on any atom is -0.322 e. The Morgan fingerprint density at radius 1 is 1.04 bits per heavy atom. The lowest BCUT2D eigenvalue weighted by molar-refractivity contribution is 0.102. The first-order valence-electron chi connectivity index (χ1n) is 6.84. The molecule has 1 aromatic heterocycles. The number of anilines is 1. The highest BCUT2D eigenvalue weighted by molar-refractivity contribution is 7.89. The third-order valence-electron chi connectivity index (χ3n) is 3.26. The van der Waals surface area contributed by atoms with Crippen LogP contribution in [0.4, 0.5) is 5.69 Å². The molecule has 8 nitrogen and oxygen atoms in total. The van der Waals surface area contributed by atoms with Crippen LogP contribution in [0, 0.1) is 0 Å². The van der Waals surface area contributed by atoms with Gasteiger partial charge in [-0.15, -0.1) is 5.10 Å². The van der Waals surface area contributed by atoms with Gasteiger partial charge in [-0.05, 0) is 48.5 Å². The minimum absolute atomic E-state index is 0.0452. The van der Waals surface area contributed by atoms with E-state index in [4.69, 9.17) is 5.14 Å². The van der Waals surface area contributed by atoms with Crippen LogP contribution >= 0.6 is 0 Å². The van der Waals surface area contributed by atoms with Crippen molar-refractivity contribution in [2.24, 2.45) is 5.14 Å². The molecule has 2 aromatic carbocycles. The quantitative estimate of drug-likeness (QED) is 0.737. The fourth-order valence-electron chi connectivity index (χ4n) is 2.04. The van der Waals surface area contributed by atoms with E-state index in [2.05, 4.69) is 15.6 Å². The van der Waals surface area contributed by atoms with E-state index < -0.39 is 10.0 Å². The molecular formula is C15H13N5O3S. The number of amides is 1. The Morgan fingerprint density at radius 3 is 2.25 bits per heavy atom. The molecule has 0 fully saturated rings. The smallest absolute Gasteiger partial charge is 0.255 e. The van der Waals surface area contributed by atoms with Gasteiger partial charge in [0, 0.05) is 11.3 Å². The molecule has 0 saturated carbocycles. The number of nitrogens with zero attached hydrogens (tertiary/aromatic N) is 3. The Bertz CT molecular complexity index is 949. The van der Waals surface area contributed by atoms with E-state index in [-0.39, 0.29) is 10.8 Å². The number of carbonyl (C=O) groups excluding carboxylic acids is 1.